The second-order valence-electron chi connectivity index (χ2n) is 4.38. The van der Waals surface area contributed by atoms with E-state index in [1.54, 1.807) is 24.1 Å². The smallest absolute Gasteiger partial charge is 0.336 e. The average molecular weight is 284 g/mol. The average Bonchev–Trinajstić information content (AvgIpc) is 2.81. The fourth-order valence-electron chi connectivity index (χ4n) is 2.12. The van der Waals surface area contributed by atoms with Gasteiger partial charge in [-0.25, -0.2) is 4.98 Å². The number of aromatic nitrogens is 3. The van der Waals surface area contributed by atoms with E-state index < -0.39 is 17.8 Å². The Labute approximate surface area is 114 Å². The Kier molecular flexibility index (Phi) is 4.08. The van der Waals surface area contributed by atoms with Crippen molar-refractivity contribution in [1.82, 2.24) is 19.9 Å². The van der Waals surface area contributed by atoms with Gasteiger partial charge in [0.15, 0.2) is 0 Å². The Bertz CT molecular complexity index is 577. The molecule has 0 aliphatic heterocycles. The lowest BCUT2D eigenvalue weighted by Gasteiger charge is -2.22. The molecule has 1 N–H and O–H groups in total. The lowest BCUT2D eigenvalue weighted by atomic mass is 10.00. The van der Waals surface area contributed by atoms with Gasteiger partial charge in [0.25, 0.3) is 0 Å². The van der Waals surface area contributed by atoms with Crippen LogP contribution in [0, 0.1) is 0 Å². The summed E-state index contributed by atoms with van der Waals surface area (Å²) < 4.78 is 41.0. The fourth-order valence-corrected chi connectivity index (χ4v) is 2.12. The number of pyridine rings is 1. The lowest BCUT2D eigenvalue weighted by molar-refractivity contribution is -0.138. The summed E-state index contributed by atoms with van der Waals surface area (Å²) in [4.78, 5) is 7.80. The van der Waals surface area contributed by atoms with Crippen molar-refractivity contribution in [2.45, 2.75) is 19.1 Å². The third kappa shape index (κ3) is 2.82. The molecule has 0 saturated carbocycles. The van der Waals surface area contributed by atoms with Crippen molar-refractivity contribution >= 4 is 0 Å². The van der Waals surface area contributed by atoms with Crippen molar-refractivity contribution in [3.63, 3.8) is 0 Å². The first-order valence-corrected chi connectivity index (χ1v) is 6.15. The topological polar surface area (TPSA) is 42.7 Å². The number of rotatable bonds is 4. The van der Waals surface area contributed by atoms with Crippen molar-refractivity contribution in [3.05, 3.63) is 47.8 Å². The van der Waals surface area contributed by atoms with Crippen LogP contribution in [-0.4, -0.2) is 21.1 Å². The molecular weight excluding hydrogens is 269 g/mol. The fraction of sp³-hybridized carbons (Fsp3) is 0.385. The van der Waals surface area contributed by atoms with Gasteiger partial charge in [-0.3, -0.25) is 4.98 Å². The van der Waals surface area contributed by atoms with Crippen molar-refractivity contribution in [1.29, 1.82) is 0 Å². The standard InChI is InChI=1S/C13H15F3N4/c1-3-19-12(11-7-18-8-20(11)2)9-6-17-5-4-10(9)13(14,15)16/h4-8,12,19H,3H2,1-2H3. The van der Waals surface area contributed by atoms with E-state index in [9.17, 15) is 13.2 Å². The SMILES string of the molecule is CCNC(c1cnccc1C(F)(F)F)c1cncn1C. The van der Waals surface area contributed by atoms with Crippen LogP contribution in [0.4, 0.5) is 13.2 Å². The molecule has 0 spiro atoms. The molecule has 2 aromatic rings. The van der Waals surface area contributed by atoms with Crippen LogP contribution in [-0.2, 0) is 13.2 Å². The molecule has 0 amide bonds. The molecule has 0 saturated heterocycles. The van der Waals surface area contributed by atoms with Crippen LogP contribution in [0.5, 0.6) is 0 Å². The second kappa shape index (κ2) is 5.62. The van der Waals surface area contributed by atoms with Crippen LogP contribution in [0.1, 0.15) is 29.8 Å². The van der Waals surface area contributed by atoms with E-state index in [1.807, 2.05) is 6.92 Å². The minimum absolute atomic E-state index is 0.102. The van der Waals surface area contributed by atoms with Crippen LogP contribution >= 0.6 is 0 Å². The Hall–Kier alpha value is -1.89. The molecule has 4 nitrogen and oxygen atoms in total. The van der Waals surface area contributed by atoms with E-state index in [4.69, 9.17) is 0 Å². The van der Waals surface area contributed by atoms with Crippen molar-refractivity contribution in [2.24, 2.45) is 7.05 Å². The highest BCUT2D eigenvalue weighted by Gasteiger charge is 2.36. The third-order valence-electron chi connectivity index (χ3n) is 3.03. The van der Waals surface area contributed by atoms with Crippen LogP contribution < -0.4 is 5.32 Å². The van der Waals surface area contributed by atoms with Gasteiger partial charge in [-0.2, -0.15) is 13.2 Å². The monoisotopic (exact) mass is 284 g/mol. The van der Waals surface area contributed by atoms with E-state index in [-0.39, 0.29) is 5.56 Å². The maximum Gasteiger partial charge on any atom is 0.416 e. The Morgan fingerprint density at radius 3 is 2.60 bits per heavy atom. The second-order valence-corrected chi connectivity index (χ2v) is 4.38. The molecule has 0 radical (unpaired) electrons. The van der Waals surface area contributed by atoms with Gasteiger partial charge in [0, 0.05) is 25.0 Å². The van der Waals surface area contributed by atoms with Gasteiger partial charge in [0.05, 0.1) is 29.8 Å². The first kappa shape index (κ1) is 14.5. The number of hydrogen-bond donors (Lipinski definition) is 1. The van der Waals surface area contributed by atoms with E-state index in [2.05, 4.69) is 15.3 Å². The van der Waals surface area contributed by atoms with Gasteiger partial charge in [-0.1, -0.05) is 6.92 Å². The highest BCUT2D eigenvalue weighted by atomic mass is 19.4. The molecule has 0 aliphatic rings. The van der Waals surface area contributed by atoms with Gasteiger partial charge >= 0.3 is 6.18 Å². The van der Waals surface area contributed by atoms with Crippen LogP contribution in [0.25, 0.3) is 0 Å². The van der Waals surface area contributed by atoms with Crippen LogP contribution in [0.2, 0.25) is 0 Å². The predicted octanol–water partition coefficient (Wildman–Crippen LogP) is 2.53. The number of aryl methyl sites for hydroxylation is 1. The summed E-state index contributed by atoms with van der Waals surface area (Å²) in [5, 5.41) is 3.05. The van der Waals surface area contributed by atoms with E-state index in [0.29, 0.717) is 12.2 Å². The zero-order valence-corrected chi connectivity index (χ0v) is 11.1. The molecule has 0 fully saturated rings. The van der Waals surface area contributed by atoms with Crippen LogP contribution in [0.3, 0.4) is 0 Å². The third-order valence-corrected chi connectivity index (χ3v) is 3.03. The summed E-state index contributed by atoms with van der Waals surface area (Å²) in [6.07, 6.45) is 1.11. The number of nitrogens with zero attached hydrogens (tertiary/aromatic N) is 3. The van der Waals surface area contributed by atoms with Gasteiger partial charge in [-0.15, -0.1) is 0 Å². The summed E-state index contributed by atoms with van der Waals surface area (Å²) in [5.74, 6) is 0. The minimum atomic E-state index is -4.41. The van der Waals surface area contributed by atoms with E-state index in [1.165, 1.54) is 6.20 Å². The van der Waals surface area contributed by atoms with Crippen molar-refractivity contribution in [3.8, 4) is 0 Å². The lowest BCUT2D eigenvalue weighted by Crippen LogP contribution is -2.26. The molecule has 2 rings (SSSR count). The Balaban J connectivity index is 2.54. The molecular formula is C13H15F3N4. The number of alkyl halides is 3. The highest BCUT2D eigenvalue weighted by molar-refractivity contribution is 5.34. The quantitative estimate of drug-likeness (QED) is 0.938. The summed E-state index contributed by atoms with van der Waals surface area (Å²) in [6, 6.07) is 0.397. The van der Waals surface area contributed by atoms with Gasteiger partial charge in [0.1, 0.15) is 0 Å². The molecule has 7 heteroatoms. The molecule has 1 atom stereocenters. The summed E-state index contributed by atoms with van der Waals surface area (Å²) >= 11 is 0. The maximum atomic E-state index is 13.1. The molecule has 2 heterocycles. The van der Waals surface area contributed by atoms with Gasteiger partial charge in [-0.05, 0) is 12.6 Å². The van der Waals surface area contributed by atoms with Gasteiger partial charge < -0.3 is 9.88 Å². The summed E-state index contributed by atoms with van der Waals surface area (Å²) in [6.45, 7) is 2.37. The van der Waals surface area contributed by atoms with Crippen LogP contribution in [0.15, 0.2) is 31.0 Å². The molecule has 20 heavy (non-hydrogen) atoms. The van der Waals surface area contributed by atoms with Crippen molar-refractivity contribution < 1.29 is 13.2 Å². The number of hydrogen-bond acceptors (Lipinski definition) is 3. The largest absolute Gasteiger partial charge is 0.416 e. The Morgan fingerprint density at radius 1 is 1.30 bits per heavy atom. The van der Waals surface area contributed by atoms with E-state index in [0.717, 1.165) is 12.3 Å². The first-order chi connectivity index (χ1) is 9.45. The maximum absolute atomic E-state index is 13.1. The van der Waals surface area contributed by atoms with Crippen molar-refractivity contribution in [2.75, 3.05) is 6.54 Å². The molecule has 0 bridgehead atoms. The predicted molar refractivity (Wildman–Crippen MR) is 68.0 cm³/mol. The first-order valence-electron chi connectivity index (χ1n) is 6.15. The molecule has 108 valence electrons. The molecule has 1 unspecified atom stereocenters. The summed E-state index contributed by atoms with van der Waals surface area (Å²) in [5.41, 5.74) is 0.0791. The summed E-state index contributed by atoms with van der Waals surface area (Å²) in [7, 11) is 1.75. The molecule has 0 aromatic carbocycles. The molecule has 0 aliphatic carbocycles. The Morgan fingerprint density at radius 2 is 2.05 bits per heavy atom. The minimum Gasteiger partial charge on any atom is -0.336 e. The highest BCUT2D eigenvalue weighted by Crippen LogP contribution is 2.35. The number of imidazole rings is 1. The number of nitrogens with one attached hydrogen (secondary N) is 1. The zero-order valence-electron chi connectivity index (χ0n) is 11.1. The van der Waals surface area contributed by atoms with E-state index >= 15 is 0 Å². The van der Waals surface area contributed by atoms with Gasteiger partial charge in [0.2, 0.25) is 0 Å². The number of halogens is 3. The normalized spacial score (nSPS) is 13.4. The zero-order chi connectivity index (χ0) is 14.8. The molecule has 2 aromatic heterocycles.